The Balaban J connectivity index is 2.77. The zero-order chi connectivity index (χ0) is 12.1. The number of ether oxygens (including phenoxy) is 1. The number of aliphatic carboxylic acids is 1. The average molecular weight is 227 g/mol. The Hall–Kier alpha value is -1.78. The van der Waals surface area contributed by atoms with Crippen LogP contribution in [0.2, 0.25) is 0 Å². The van der Waals surface area contributed by atoms with Gasteiger partial charge in [0, 0.05) is 6.07 Å². The number of benzene rings is 1. The average Bonchev–Trinajstić information content (AvgIpc) is 2.22. The molecule has 0 aliphatic heterocycles. The molecule has 1 rings (SSSR count). The Kier molecular flexibility index (Phi) is 4.10. The van der Waals surface area contributed by atoms with Crippen molar-refractivity contribution in [2.24, 2.45) is 0 Å². The smallest absolute Gasteiger partial charge is 0.344 e. The summed E-state index contributed by atoms with van der Waals surface area (Å²) < 4.78 is 18.2. The summed E-state index contributed by atoms with van der Waals surface area (Å²) >= 11 is 0. The van der Waals surface area contributed by atoms with E-state index in [-0.39, 0.29) is 11.4 Å². The van der Waals surface area contributed by atoms with Crippen LogP contribution < -0.4 is 10.5 Å². The third-order valence-electron chi connectivity index (χ3n) is 2.08. The van der Waals surface area contributed by atoms with Crippen molar-refractivity contribution in [3.8, 4) is 5.75 Å². The summed E-state index contributed by atoms with van der Waals surface area (Å²) in [5.74, 6) is -1.50. The van der Waals surface area contributed by atoms with Crippen molar-refractivity contribution in [2.75, 3.05) is 5.73 Å². The molecule has 0 fully saturated rings. The monoisotopic (exact) mass is 227 g/mol. The molecule has 0 aliphatic carbocycles. The first-order valence-electron chi connectivity index (χ1n) is 4.99. The molecule has 0 bridgehead atoms. The van der Waals surface area contributed by atoms with Crippen LogP contribution in [0.1, 0.15) is 19.8 Å². The SMILES string of the molecule is CCCC(Oc1ccc(N)c(F)c1)C(=O)O. The van der Waals surface area contributed by atoms with Gasteiger partial charge in [-0.1, -0.05) is 13.3 Å². The van der Waals surface area contributed by atoms with E-state index in [1.165, 1.54) is 12.1 Å². The number of carboxylic acid groups (broad SMARTS) is 1. The number of hydrogen-bond donors (Lipinski definition) is 2. The highest BCUT2D eigenvalue weighted by Crippen LogP contribution is 2.20. The fourth-order valence-corrected chi connectivity index (χ4v) is 1.24. The zero-order valence-electron chi connectivity index (χ0n) is 8.94. The standard InChI is InChI=1S/C11H14FNO3/c1-2-3-10(11(14)15)16-7-4-5-9(13)8(12)6-7/h4-6,10H,2-3,13H2,1H3,(H,14,15). The number of nitrogen functional groups attached to an aromatic ring is 1. The van der Waals surface area contributed by atoms with E-state index >= 15 is 0 Å². The lowest BCUT2D eigenvalue weighted by Crippen LogP contribution is -2.26. The van der Waals surface area contributed by atoms with Crippen LogP contribution in [0.4, 0.5) is 10.1 Å². The molecule has 5 heteroatoms. The van der Waals surface area contributed by atoms with Crippen molar-refractivity contribution in [1.82, 2.24) is 0 Å². The van der Waals surface area contributed by atoms with Crippen LogP contribution >= 0.6 is 0 Å². The fraction of sp³-hybridized carbons (Fsp3) is 0.364. The van der Waals surface area contributed by atoms with Gasteiger partial charge in [-0.25, -0.2) is 9.18 Å². The van der Waals surface area contributed by atoms with Crippen LogP contribution in [-0.4, -0.2) is 17.2 Å². The molecule has 0 heterocycles. The summed E-state index contributed by atoms with van der Waals surface area (Å²) in [5.41, 5.74) is 5.30. The van der Waals surface area contributed by atoms with Crippen molar-refractivity contribution in [3.05, 3.63) is 24.0 Å². The highest BCUT2D eigenvalue weighted by Gasteiger charge is 2.18. The second-order valence-corrected chi connectivity index (χ2v) is 3.42. The third-order valence-corrected chi connectivity index (χ3v) is 2.08. The predicted molar refractivity (Wildman–Crippen MR) is 57.8 cm³/mol. The molecule has 0 spiro atoms. The second kappa shape index (κ2) is 5.34. The molecule has 4 nitrogen and oxygen atoms in total. The summed E-state index contributed by atoms with van der Waals surface area (Å²) in [7, 11) is 0. The highest BCUT2D eigenvalue weighted by molar-refractivity contribution is 5.72. The quantitative estimate of drug-likeness (QED) is 0.755. The van der Waals surface area contributed by atoms with Gasteiger partial charge in [-0.3, -0.25) is 0 Å². The van der Waals surface area contributed by atoms with Crippen LogP contribution in [0.15, 0.2) is 18.2 Å². The van der Waals surface area contributed by atoms with Crippen molar-refractivity contribution >= 4 is 11.7 Å². The molecule has 0 radical (unpaired) electrons. The highest BCUT2D eigenvalue weighted by atomic mass is 19.1. The molecule has 1 atom stereocenters. The van der Waals surface area contributed by atoms with Gasteiger partial charge in [-0.05, 0) is 18.6 Å². The van der Waals surface area contributed by atoms with E-state index in [1.54, 1.807) is 0 Å². The number of anilines is 1. The molecule has 16 heavy (non-hydrogen) atoms. The van der Waals surface area contributed by atoms with Gasteiger partial charge < -0.3 is 15.6 Å². The molecule has 1 unspecified atom stereocenters. The number of halogens is 1. The molecule has 0 aliphatic rings. The topological polar surface area (TPSA) is 72.5 Å². The lowest BCUT2D eigenvalue weighted by Gasteiger charge is -2.14. The summed E-state index contributed by atoms with van der Waals surface area (Å²) in [5, 5.41) is 8.85. The molecule has 0 aromatic heterocycles. The van der Waals surface area contributed by atoms with Gasteiger partial charge in [0.05, 0.1) is 5.69 Å². The van der Waals surface area contributed by atoms with Gasteiger partial charge in [-0.15, -0.1) is 0 Å². The van der Waals surface area contributed by atoms with Crippen LogP contribution in [0.25, 0.3) is 0 Å². The van der Waals surface area contributed by atoms with E-state index < -0.39 is 17.9 Å². The molecule has 0 amide bonds. The van der Waals surface area contributed by atoms with E-state index in [0.29, 0.717) is 12.8 Å². The third kappa shape index (κ3) is 3.12. The molecule has 1 aromatic rings. The Labute approximate surface area is 92.8 Å². The van der Waals surface area contributed by atoms with Crippen LogP contribution in [0.3, 0.4) is 0 Å². The Bertz CT molecular complexity index is 381. The zero-order valence-corrected chi connectivity index (χ0v) is 8.94. The lowest BCUT2D eigenvalue weighted by atomic mass is 10.2. The summed E-state index contributed by atoms with van der Waals surface area (Å²) in [4.78, 5) is 10.8. The van der Waals surface area contributed by atoms with E-state index in [2.05, 4.69) is 0 Å². The van der Waals surface area contributed by atoms with Gasteiger partial charge in [0.1, 0.15) is 11.6 Å². The van der Waals surface area contributed by atoms with Crippen molar-refractivity contribution < 1.29 is 19.0 Å². The Morgan fingerprint density at radius 2 is 2.31 bits per heavy atom. The molecule has 3 N–H and O–H groups in total. The molecule has 88 valence electrons. The first kappa shape index (κ1) is 12.3. The van der Waals surface area contributed by atoms with Crippen molar-refractivity contribution in [1.29, 1.82) is 0 Å². The number of rotatable bonds is 5. The molecule has 0 saturated carbocycles. The minimum absolute atomic E-state index is 0.00900. The molecule has 1 aromatic carbocycles. The maximum atomic E-state index is 13.1. The first-order valence-corrected chi connectivity index (χ1v) is 4.99. The predicted octanol–water partition coefficient (Wildman–Crippen LogP) is 2.04. The normalized spacial score (nSPS) is 12.1. The fourth-order valence-electron chi connectivity index (χ4n) is 1.24. The van der Waals surface area contributed by atoms with Gasteiger partial charge in [-0.2, -0.15) is 0 Å². The number of hydrogen-bond acceptors (Lipinski definition) is 3. The van der Waals surface area contributed by atoms with Gasteiger partial charge in [0.2, 0.25) is 0 Å². The number of carboxylic acids is 1. The van der Waals surface area contributed by atoms with E-state index in [1.807, 2.05) is 6.92 Å². The maximum Gasteiger partial charge on any atom is 0.344 e. The first-order chi connectivity index (χ1) is 7.54. The van der Waals surface area contributed by atoms with Crippen molar-refractivity contribution in [2.45, 2.75) is 25.9 Å². The molecular formula is C11H14FNO3. The van der Waals surface area contributed by atoms with Crippen LogP contribution in [0, 0.1) is 5.82 Å². The molecular weight excluding hydrogens is 213 g/mol. The largest absolute Gasteiger partial charge is 0.479 e. The van der Waals surface area contributed by atoms with E-state index in [4.69, 9.17) is 15.6 Å². The van der Waals surface area contributed by atoms with Gasteiger partial charge >= 0.3 is 5.97 Å². The summed E-state index contributed by atoms with van der Waals surface area (Å²) in [6.07, 6.45) is 0.100. The Morgan fingerprint density at radius 3 is 2.81 bits per heavy atom. The van der Waals surface area contributed by atoms with Gasteiger partial charge in [0.25, 0.3) is 0 Å². The summed E-state index contributed by atoms with van der Waals surface area (Å²) in [6, 6.07) is 3.88. The molecule has 0 saturated heterocycles. The lowest BCUT2D eigenvalue weighted by molar-refractivity contribution is -0.145. The number of nitrogens with two attached hydrogens (primary N) is 1. The van der Waals surface area contributed by atoms with E-state index in [9.17, 15) is 9.18 Å². The minimum Gasteiger partial charge on any atom is -0.479 e. The Morgan fingerprint density at radius 1 is 1.62 bits per heavy atom. The second-order valence-electron chi connectivity index (χ2n) is 3.42. The number of carbonyl (C=O) groups is 1. The van der Waals surface area contributed by atoms with E-state index in [0.717, 1.165) is 6.07 Å². The maximum absolute atomic E-state index is 13.1. The summed E-state index contributed by atoms with van der Waals surface area (Å²) in [6.45, 7) is 1.85. The van der Waals surface area contributed by atoms with Crippen LogP contribution in [-0.2, 0) is 4.79 Å². The van der Waals surface area contributed by atoms with Crippen LogP contribution in [0.5, 0.6) is 5.75 Å². The van der Waals surface area contributed by atoms with Crippen molar-refractivity contribution in [3.63, 3.8) is 0 Å². The van der Waals surface area contributed by atoms with Gasteiger partial charge in [0.15, 0.2) is 6.10 Å². The minimum atomic E-state index is -1.06.